The summed E-state index contributed by atoms with van der Waals surface area (Å²) in [5.74, 6) is -0.216. The smallest absolute Gasteiger partial charge is 0.407 e. The van der Waals surface area contributed by atoms with Crippen molar-refractivity contribution in [3.05, 3.63) is 55.6 Å². The lowest BCUT2D eigenvalue weighted by Gasteiger charge is -2.13. The summed E-state index contributed by atoms with van der Waals surface area (Å²) in [5, 5.41) is 27.9. The lowest BCUT2D eigenvalue weighted by molar-refractivity contribution is -0.386. The van der Waals surface area contributed by atoms with Gasteiger partial charge in [-0.3, -0.25) is 29.8 Å². The van der Waals surface area contributed by atoms with E-state index in [1.165, 1.54) is 52.7 Å². The molecule has 2 aromatic rings. The van der Waals surface area contributed by atoms with Crippen molar-refractivity contribution in [2.75, 3.05) is 54.7 Å². The molecule has 0 heterocycles. The molecular weight excluding hydrogens is 796 g/mol. The number of rotatable bonds is 29. The average Bonchev–Trinajstić information content (AvgIpc) is 3.24. The Balaban J connectivity index is 1.48. The predicted molar refractivity (Wildman–Crippen MR) is 213 cm³/mol. The van der Waals surface area contributed by atoms with Crippen LogP contribution in [0.3, 0.4) is 0 Å². The summed E-state index contributed by atoms with van der Waals surface area (Å²) in [5.41, 5.74) is 11.6. The molecule has 2 rings (SSSR count). The maximum atomic E-state index is 12.2. The van der Waals surface area contributed by atoms with Gasteiger partial charge in [0.25, 0.3) is 11.4 Å². The summed E-state index contributed by atoms with van der Waals surface area (Å²) in [6.07, 6.45) is 3.84. The van der Waals surface area contributed by atoms with Gasteiger partial charge in [-0.2, -0.15) is 0 Å². The van der Waals surface area contributed by atoms with Crippen molar-refractivity contribution in [3.63, 3.8) is 0 Å². The summed E-state index contributed by atoms with van der Waals surface area (Å²) in [4.78, 5) is 70.3. The fourth-order valence-electron chi connectivity index (χ4n) is 5.49. The normalized spacial score (nSPS) is 11.6. The minimum Gasteiger partial charge on any atom is -0.493 e. The van der Waals surface area contributed by atoms with E-state index in [1.54, 1.807) is 0 Å². The van der Waals surface area contributed by atoms with Crippen LogP contribution < -0.4 is 41.0 Å². The van der Waals surface area contributed by atoms with Crippen molar-refractivity contribution < 1.29 is 66.9 Å². The van der Waals surface area contributed by atoms with Crippen molar-refractivity contribution in [2.24, 2.45) is 11.5 Å². The third-order valence-electron chi connectivity index (χ3n) is 8.84. The van der Waals surface area contributed by atoms with E-state index in [-0.39, 0.29) is 85.0 Å². The molecule has 2 amide bonds. The van der Waals surface area contributed by atoms with Crippen LogP contribution in [0.4, 0.5) is 21.0 Å². The van der Waals surface area contributed by atoms with E-state index in [0.29, 0.717) is 51.4 Å². The first-order valence-corrected chi connectivity index (χ1v) is 19.2. The Labute approximate surface area is 347 Å². The Bertz CT molecular complexity index is 1600. The van der Waals surface area contributed by atoms with Gasteiger partial charge in [0.05, 0.1) is 74.8 Å². The fraction of sp³-hybridized carbons (Fsp3) is 0.579. The molecule has 0 aliphatic rings. The highest BCUT2D eigenvalue weighted by molar-refractivity contribution is 5.75. The molecule has 0 bridgehead atoms. The van der Waals surface area contributed by atoms with Crippen LogP contribution in [0.5, 0.6) is 23.0 Å². The molecule has 2 aromatic carbocycles. The quantitative estimate of drug-likeness (QED) is 0.0291. The molecule has 0 aliphatic heterocycles. The second-order valence-electron chi connectivity index (χ2n) is 13.1. The van der Waals surface area contributed by atoms with Crippen LogP contribution in [-0.2, 0) is 41.8 Å². The van der Waals surface area contributed by atoms with E-state index in [9.17, 15) is 39.4 Å². The minimum absolute atomic E-state index is 0.130. The van der Waals surface area contributed by atoms with Crippen molar-refractivity contribution in [3.8, 4) is 23.0 Å². The molecule has 0 aromatic heterocycles. The van der Waals surface area contributed by atoms with E-state index in [1.807, 2.05) is 0 Å². The van der Waals surface area contributed by atoms with E-state index < -0.39 is 46.1 Å². The Kier molecular flexibility index (Phi) is 22.9. The number of amides is 2. The van der Waals surface area contributed by atoms with Crippen LogP contribution in [0.15, 0.2) is 24.3 Å². The van der Waals surface area contributed by atoms with Gasteiger partial charge in [-0.25, -0.2) is 9.59 Å². The number of esters is 2. The maximum absolute atomic E-state index is 12.2. The number of carbonyl (C=O) groups excluding carboxylic acids is 4. The molecule has 22 nitrogen and oxygen atoms in total. The largest absolute Gasteiger partial charge is 0.493 e. The lowest BCUT2D eigenvalue weighted by Crippen LogP contribution is -2.33. The zero-order valence-corrected chi connectivity index (χ0v) is 34.4. The molecule has 22 heteroatoms. The molecule has 6 N–H and O–H groups in total. The number of nitro benzene ring substituents is 2. The number of nitrogens with one attached hydrogen (secondary N) is 2. The lowest BCUT2D eigenvalue weighted by atomic mass is 10.1. The highest BCUT2D eigenvalue weighted by Crippen LogP contribution is 2.36. The Morgan fingerprint density at radius 1 is 0.550 bits per heavy atom. The summed E-state index contributed by atoms with van der Waals surface area (Å²) < 4.78 is 41.2. The Morgan fingerprint density at radius 3 is 1.23 bits per heavy atom. The first kappa shape index (κ1) is 50.0. The van der Waals surface area contributed by atoms with Gasteiger partial charge in [-0.05, 0) is 76.3 Å². The number of nitrogens with zero attached hydrogens (tertiary/aromatic N) is 2. The zero-order valence-electron chi connectivity index (χ0n) is 34.4. The molecule has 0 spiro atoms. The second kappa shape index (κ2) is 27.5. The molecule has 0 radical (unpaired) electrons. The standard InChI is InChI=1S/C38H56N6O16/c1-53-31-19-25(29(43(49)50)21-33(31)55-3)23-59-37(47)41-15-9-7-13-27(39)35(45)57-17-11-5-6-12-18-58-36(46)28(40)14-8-10-16-42-38(48)60-24-26-20-32(54-2)34(56-4)22-30(26)44(51)52/h19-22,27-28H,5-18,23-24,39-40H2,1-4H3,(H,41,47)(H,42,48)/t27-,28-/m0/s1. The van der Waals surface area contributed by atoms with Crippen LogP contribution in [0.1, 0.15) is 75.3 Å². The highest BCUT2D eigenvalue weighted by Gasteiger charge is 2.23. The summed E-state index contributed by atoms with van der Waals surface area (Å²) in [7, 11) is 5.46. The number of ether oxygens (including phenoxy) is 8. The molecule has 334 valence electrons. The maximum Gasteiger partial charge on any atom is 0.407 e. The van der Waals surface area contributed by atoms with Gasteiger partial charge in [0.15, 0.2) is 23.0 Å². The molecule has 0 saturated heterocycles. The van der Waals surface area contributed by atoms with Crippen molar-refractivity contribution in [1.29, 1.82) is 0 Å². The van der Waals surface area contributed by atoms with E-state index >= 15 is 0 Å². The van der Waals surface area contributed by atoms with Crippen LogP contribution in [0, 0.1) is 20.2 Å². The average molecular weight is 853 g/mol. The van der Waals surface area contributed by atoms with Crippen LogP contribution in [-0.4, -0.2) is 101 Å². The van der Waals surface area contributed by atoms with Gasteiger partial charge in [-0.1, -0.05) is 0 Å². The van der Waals surface area contributed by atoms with E-state index in [4.69, 9.17) is 49.4 Å². The van der Waals surface area contributed by atoms with E-state index in [0.717, 1.165) is 12.8 Å². The predicted octanol–water partition coefficient (Wildman–Crippen LogP) is 4.33. The number of benzene rings is 2. The highest BCUT2D eigenvalue weighted by atomic mass is 16.6. The third kappa shape index (κ3) is 17.8. The molecule has 0 fully saturated rings. The number of nitro groups is 2. The SMILES string of the molecule is COc1cc(COC(=O)NCCCC[C@H](N)C(=O)OCCCCCCOC(=O)[C@@H](N)CCCCNC(=O)OCc2cc(OC)c(OC)cc2[N+](=O)[O-])c([N+](=O)[O-])cc1OC. The number of unbranched alkanes of at least 4 members (excludes halogenated alkanes) is 5. The van der Waals surface area contributed by atoms with Crippen LogP contribution in [0.2, 0.25) is 0 Å². The third-order valence-corrected chi connectivity index (χ3v) is 8.84. The summed E-state index contributed by atoms with van der Waals surface area (Å²) >= 11 is 0. The van der Waals surface area contributed by atoms with Crippen molar-refractivity contribution >= 4 is 35.5 Å². The van der Waals surface area contributed by atoms with Gasteiger partial charge in [0.1, 0.15) is 25.3 Å². The Hall–Kier alpha value is -6.16. The topological polar surface area (TPSA) is 304 Å². The molecule has 2 atom stereocenters. The van der Waals surface area contributed by atoms with Crippen LogP contribution >= 0.6 is 0 Å². The van der Waals surface area contributed by atoms with Gasteiger partial charge in [0, 0.05) is 13.1 Å². The number of nitrogens with two attached hydrogens (primary N) is 2. The molecule has 60 heavy (non-hydrogen) atoms. The summed E-state index contributed by atoms with van der Waals surface area (Å²) in [6.45, 7) is 0.124. The van der Waals surface area contributed by atoms with Gasteiger partial charge in [0.2, 0.25) is 0 Å². The van der Waals surface area contributed by atoms with Crippen molar-refractivity contribution in [2.45, 2.75) is 89.5 Å². The van der Waals surface area contributed by atoms with Gasteiger partial charge < -0.3 is 60.0 Å². The minimum atomic E-state index is -0.826. The number of methoxy groups -OCH3 is 4. The monoisotopic (exact) mass is 852 g/mol. The first-order valence-electron chi connectivity index (χ1n) is 19.2. The second-order valence-corrected chi connectivity index (χ2v) is 13.1. The number of hydrogen-bond donors (Lipinski definition) is 4. The Morgan fingerprint density at radius 2 is 0.900 bits per heavy atom. The molecule has 0 saturated carbocycles. The summed E-state index contributed by atoms with van der Waals surface area (Å²) in [6, 6.07) is 3.47. The first-order chi connectivity index (χ1) is 28.8. The van der Waals surface area contributed by atoms with E-state index in [2.05, 4.69) is 10.6 Å². The zero-order chi connectivity index (χ0) is 44.5. The number of carbonyl (C=O) groups is 4. The van der Waals surface area contributed by atoms with Crippen LogP contribution in [0.25, 0.3) is 0 Å². The molecule has 0 unspecified atom stereocenters. The number of hydrogen-bond acceptors (Lipinski definition) is 18. The molecular formula is C38H56N6O16. The van der Waals surface area contributed by atoms with Gasteiger partial charge in [-0.15, -0.1) is 0 Å². The van der Waals surface area contributed by atoms with Gasteiger partial charge >= 0.3 is 24.1 Å². The fourth-order valence-corrected chi connectivity index (χ4v) is 5.49. The number of alkyl carbamates (subject to hydrolysis) is 2. The molecule has 0 aliphatic carbocycles. The van der Waals surface area contributed by atoms with Crippen molar-refractivity contribution in [1.82, 2.24) is 10.6 Å².